The molecule has 0 aliphatic carbocycles. The number of benzene rings is 1. The largest absolute Gasteiger partial charge is 0.423 e. The first kappa shape index (κ1) is 10.9. The van der Waals surface area contributed by atoms with Crippen LogP contribution in [0.25, 0.3) is 11.1 Å². The molecule has 3 aromatic rings. The van der Waals surface area contributed by atoms with Crippen molar-refractivity contribution >= 4 is 34.3 Å². The molecule has 0 bridgehead atoms. The number of oxazole rings is 1. The van der Waals surface area contributed by atoms with E-state index in [1.54, 1.807) is 5.38 Å². The van der Waals surface area contributed by atoms with Gasteiger partial charge >= 0.3 is 6.01 Å². The Kier molecular flexibility index (Phi) is 2.56. The molecule has 2 aromatic heterocycles. The first-order valence-electron chi connectivity index (χ1n) is 5.31. The van der Waals surface area contributed by atoms with Gasteiger partial charge in [0.05, 0.1) is 0 Å². The zero-order valence-electron chi connectivity index (χ0n) is 9.51. The molecule has 0 aliphatic heterocycles. The third kappa shape index (κ3) is 1.98. The van der Waals surface area contributed by atoms with Crippen LogP contribution in [0, 0.1) is 6.92 Å². The van der Waals surface area contributed by atoms with Crippen molar-refractivity contribution in [3.63, 3.8) is 0 Å². The lowest BCUT2D eigenvalue weighted by atomic mass is 10.3. The molecule has 0 spiro atoms. The highest BCUT2D eigenvalue weighted by Crippen LogP contribution is 2.19. The van der Waals surface area contributed by atoms with Gasteiger partial charge in [0.25, 0.3) is 4.74 Å². The highest BCUT2D eigenvalue weighted by Gasteiger charge is 2.08. The maximum atomic E-state index is 11.6. The fraction of sp³-hybridized carbons (Fsp3) is 0.0833. The van der Waals surface area contributed by atoms with Gasteiger partial charge in [-0.2, -0.15) is 4.98 Å². The Labute approximate surface area is 106 Å². The molecule has 6 heteroatoms. The summed E-state index contributed by atoms with van der Waals surface area (Å²) in [6, 6.07) is 7.68. The van der Waals surface area contributed by atoms with Crippen LogP contribution in [0.1, 0.15) is 5.69 Å². The Balaban J connectivity index is 2.01. The summed E-state index contributed by atoms with van der Waals surface area (Å²) in [6.45, 7) is 1.83. The first-order chi connectivity index (χ1) is 8.72. The van der Waals surface area contributed by atoms with E-state index in [0.29, 0.717) is 5.58 Å². The van der Waals surface area contributed by atoms with Crippen LogP contribution in [-0.2, 0) is 0 Å². The Hall–Kier alpha value is -2.21. The molecule has 0 saturated carbocycles. The van der Waals surface area contributed by atoms with Gasteiger partial charge < -0.3 is 4.42 Å². The van der Waals surface area contributed by atoms with Gasteiger partial charge in [-0.05, 0) is 19.1 Å². The molecule has 1 aromatic carbocycles. The van der Waals surface area contributed by atoms with Crippen molar-refractivity contribution in [3.05, 3.63) is 44.9 Å². The predicted molar refractivity (Wildman–Crippen MR) is 70.4 cm³/mol. The van der Waals surface area contributed by atoms with Crippen molar-refractivity contribution in [2.24, 2.45) is 0 Å². The lowest BCUT2D eigenvalue weighted by Gasteiger charge is -1.98. The van der Waals surface area contributed by atoms with Crippen molar-refractivity contribution < 1.29 is 4.42 Å². The molecule has 0 radical (unpaired) electrons. The van der Waals surface area contributed by atoms with E-state index in [1.807, 2.05) is 31.2 Å². The predicted octanol–water partition coefficient (Wildman–Crippen LogP) is 2.70. The van der Waals surface area contributed by atoms with E-state index in [9.17, 15) is 4.79 Å². The zero-order valence-corrected chi connectivity index (χ0v) is 10.3. The summed E-state index contributed by atoms with van der Waals surface area (Å²) >= 11 is 1.10. The number of aromatic nitrogens is 2. The highest BCUT2D eigenvalue weighted by atomic mass is 32.1. The average Bonchev–Trinajstić information content (AvgIpc) is 2.76. The van der Waals surface area contributed by atoms with Crippen LogP contribution >= 0.6 is 11.3 Å². The Morgan fingerprint density at radius 3 is 2.94 bits per heavy atom. The van der Waals surface area contributed by atoms with Gasteiger partial charge in [0, 0.05) is 11.1 Å². The minimum atomic E-state index is -0.150. The molecular weight excluding hydrogens is 250 g/mol. The molecule has 1 N–H and O–H groups in total. The molecule has 18 heavy (non-hydrogen) atoms. The minimum absolute atomic E-state index is 0.150. The monoisotopic (exact) mass is 259 g/mol. The summed E-state index contributed by atoms with van der Waals surface area (Å²) in [5, 5.41) is 4.52. The van der Waals surface area contributed by atoms with Crippen LogP contribution in [0.5, 0.6) is 0 Å². The lowest BCUT2D eigenvalue weighted by molar-refractivity contribution is 0.622. The highest BCUT2D eigenvalue weighted by molar-refractivity contribution is 7.07. The van der Waals surface area contributed by atoms with Gasteiger partial charge in [-0.15, -0.1) is 0 Å². The second kappa shape index (κ2) is 4.23. The van der Waals surface area contributed by atoms with E-state index in [-0.39, 0.29) is 16.6 Å². The summed E-state index contributed by atoms with van der Waals surface area (Å²) in [5.41, 5.74) is 2.19. The SMILES string of the molecule is Cc1csc(=O)c(Nc2nc3ccccc3o2)n1. The van der Waals surface area contributed by atoms with E-state index >= 15 is 0 Å². The number of nitrogens with zero attached hydrogens (tertiary/aromatic N) is 2. The van der Waals surface area contributed by atoms with E-state index in [1.165, 1.54) is 0 Å². The van der Waals surface area contributed by atoms with Crippen molar-refractivity contribution in [1.29, 1.82) is 0 Å². The third-order valence-electron chi connectivity index (χ3n) is 2.34. The van der Waals surface area contributed by atoms with Crippen LogP contribution in [0.2, 0.25) is 0 Å². The smallest absolute Gasteiger partial charge is 0.301 e. The molecule has 2 heterocycles. The quantitative estimate of drug-likeness (QED) is 0.766. The van der Waals surface area contributed by atoms with E-state index in [0.717, 1.165) is 22.5 Å². The first-order valence-corrected chi connectivity index (χ1v) is 6.19. The Morgan fingerprint density at radius 2 is 2.11 bits per heavy atom. The molecule has 0 amide bonds. The van der Waals surface area contributed by atoms with Gasteiger partial charge in [0.2, 0.25) is 0 Å². The van der Waals surface area contributed by atoms with E-state index < -0.39 is 0 Å². The number of fused-ring (bicyclic) bond motifs is 1. The molecule has 0 atom stereocenters. The number of hydrogen-bond donors (Lipinski definition) is 1. The fourth-order valence-corrected chi connectivity index (χ4v) is 2.09. The maximum absolute atomic E-state index is 11.6. The molecule has 5 nitrogen and oxygen atoms in total. The van der Waals surface area contributed by atoms with E-state index in [4.69, 9.17) is 4.42 Å². The second-order valence-electron chi connectivity index (χ2n) is 3.74. The molecule has 0 fully saturated rings. The molecule has 0 saturated heterocycles. The number of hydrogen-bond acceptors (Lipinski definition) is 6. The number of para-hydroxylation sites is 2. The standard InChI is InChI=1S/C12H9N3O2S/c1-7-6-18-11(16)10(13-7)15-12-14-8-4-2-3-5-9(8)17-12/h2-6H,1H3,(H,13,14,15). The molecule has 3 rings (SSSR count). The van der Waals surface area contributed by atoms with E-state index in [2.05, 4.69) is 15.3 Å². The van der Waals surface area contributed by atoms with Crippen LogP contribution in [0.15, 0.2) is 38.9 Å². The number of rotatable bonds is 2. The van der Waals surface area contributed by atoms with Gasteiger partial charge in [0.15, 0.2) is 11.4 Å². The summed E-state index contributed by atoms with van der Waals surface area (Å²) in [4.78, 5) is 20.0. The Morgan fingerprint density at radius 1 is 1.28 bits per heavy atom. The van der Waals surface area contributed by atoms with Crippen molar-refractivity contribution in [2.45, 2.75) is 6.92 Å². The van der Waals surface area contributed by atoms with Gasteiger partial charge in [-0.25, -0.2) is 4.98 Å². The normalized spacial score (nSPS) is 10.7. The van der Waals surface area contributed by atoms with Crippen LogP contribution in [0.4, 0.5) is 11.8 Å². The van der Waals surface area contributed by atoms with Crippen LogP contribution in [-0.4, -0.2) is 9.97 Å². The summed E-state index contributed by atoms with van der Waals surface area (Å²) in [5.74, 6) is 0.242. The molecule has 0 unspecified atom stereocenters. The van der Waals surface area contributed by atoms with Crippen molar-refractivity contribution in [3.8, 4) is 0 Å². The second-order valence-corrected chi connectivity index (χ2v) is 4.58. The molecule has 0 aliphatic rings. The maximum Gasteiger partial charge on any atom is 0.301 e. The van der Waals surface area contributed by atoms with Gasteiger partial charge in [-0.3, -0.25) is 10.1 Å². The topological polar surface area (TPSA) is 68.0 Å². The third-order valence-corrected chi connectivity index (χ3v) is 3.20. The fourth-order valence-electron chi connectivity index (χ4n) is 1.55. The number of anilines is 2. The van der Waals surface area contributed by atoms with Crippen LogP contribution < -0.4 is 10.1 Å². The summed E-state index contributed by atoms with van der Waals surface area (Å²) < 4.78 is 5.32. The van der Waals surface area contributed by atoms with Crippen molar-refractivity contribution in [2.75, 3.05) is 5.32 Å². The zero-order chi connectivity index (χ0) is 12.5. The number of aryl methyl sites for hydroxylation is 1. The van der Waals surface area contributed by atoms with Crippen molar-refractivity contribution in [1.82, 2.24) is 9.97 Å². The van der Waals surface area contributed by atoms with Crippen LogP contribution in [0.3, 0.4) is 0 Å². The van der Waals surface area contributed by atoms with Gasteiger partial charge in [-0.1, -0.05) is 23.5 Å². The minimum Gasteiger partial charge on any atom is -0.423 e. The number of nitrogens with one attached hydrogen (secondary N) is 1. The average molecular weight is 259 g/mol. The molecule has 90 valence electrons. The Bertz CT molecular complexity index is 730. The lowest BCUT2D eigenvalue weighted by Crippen LogP contribution is -2.07. The molecular formula is C12H9N3O2S. The van der Waals surface area contributed by atoms with Gasteiger partial charge in [0.1, 0.15) is 5.52 Å². The summed E-state index contributed by atoms with van der Waals surface area (Å²) in [7, 11) is 0. The summed E-state index contributed by atoms with van der Waals surface area (Å²) in [6.07, 6.45) is 0.